The van der Waals surface area contributed by atoms with Crippen LogP contribution in [-0.4, -0.2) is 28.9 Å². The molecule has 4 nitrogen and oxygen atoms in total. The Kier molecular flexibility index (Phi) is 4.72. The Hall–Kier alpha value is -0.173. The van der Waals surface area contributed by atoms with Gasteiger partial charge in [0.1, 0.15) is 5.72 Å². The Morgan fingerprint density at radius 2 is 1.93 bits per heavy atom. The van der Waals surface area contributed by atoms with E-state index in [2.05, 4.69) is 0 Å². The Morgan fingerprint density at radius 3 is 2.27 bits per heavy atom. The predicted molar refractivity (Wildman–Crippen MR) is 52.4 cm³/mol. The normalized spacial score (nSPS) is 22.1. The monoisotopic (exact) mass is 207 g/mol. The summed E-state index contributed by atoms with van der Waals surface area (Å²) in [4.78, 5) is 13.3. The van der Waals surface area contributed by atoms with Gasteiger partial charge in [0, 0.05) is 0 Å². The molecule has 0 radical (unpaired) electrons. The minimum atomic E-state index is -0.594. The average Bonchev–Trinajstić information content (AvgIpc) is 2.21. The van der Waals surface area contributed by atoms with Crippen LogP contribution in [0.25, 0.3) is 0 Å². The molecule has 0 aromatic rings. The van der Waals surface area contributed by atoms with E-state index in [1.54, 1.807) is 11.8 Å². The second-order valence-corrected chi connectivity index (χ2v) is 4.50. The van der Waals surface area contributed by atoms with Crippen LogP contribution in [-0.2, 0) is 9.47 Å². The number of nitrogens with zero attached hydrogens (tertiary/aromatic N) is 1. The van der Waals surface area contributed by atoms with Gasteiger partial charge in [-0.3, -0.25) is 4.90 Å². The van der Waals surface area contributed by atoms with Crippen LogP contribution in [0.4, 0.5) is 4.79 Å². The number of ether oxygens (including phenoxy) is 2. The van der Waals surface area contributed by atoms with Crippen LogP contribution >= 0.6 is 0 Å². The number of rotatable bonds is 1. The first kappa shape index (κ1) is 14.8. The maximum absolute atomic E-state index is 11.7. The summed E-state index contributed by atoms with van der Waals surface area (Å²) in [7, 11) is 0. The molecular weight excluding hydrogens is 189 g/mol. The van der Waals surface area contributed by atoms with E-state index >= 15 is 0 Å². The topological polar surface area (TPSA) is 38.8 Å². The molecule has 0 bridgehead atoms. The molecule has 0 saturated carbocycles. The summed E-state index contributed by atoms with van der Waals surface area (Å²) in [5.41, 5.74) is -0.910. The van der Waals surface area contributed by atoms with Gasteiger partial charge in [-0.1, -0.05) is 0 Å². The summed E-state index contributed by atoms with van der Waals surface area (Å²) in [6.07, 6.45) is -0.361. The minimum absolute atomic E-state index is 0. The van der Waals surface area contributed by atoms with Crippen LogP contribution in [0.2, 0.25) is 0 Å². The van der Waals surface area contributed by atoms with Gasteiger partial charge in [-0.05, 0) is 27.7 Å². The maximum atomic E-state index is 11.7. The van der Waals surface area contributed by atoms with E-state index in [-0.39, 0.29) is 30.5 Å². The Labute approximate surface area is 103 Å². The number of amides is 1. The maximum Gasteiger partial charge on any atom is 1.00 e. The Bertz CT molecular complexity index is 225. The van der Waals surface area contributed by atoms with Crippen molar-refractivity contribution in [2.45, 2.75) is 45.9 Å². The minimum Gasteiger partial charge on any atom is -0.621 e. The van der Waals surface area contributed by atoms with E-state index in [0.717, 1.165) is 0 Å². The van der Waals surface area contributed by atoms with Crippen molar-refractivity contribution in [3.05, 3.63) is 6.61 Å². The van der Waals surface area contributed by atoms with Crippen LogP contribution in [0.1, 0.15) is 34.6 Å². The summed E-state index contributed by atoms with van der Waals surface area (Å²) >= 11 is 0. The summed E-state index contributed by atoms with van der Waals surface area (Å²) in [5, 5.41) is 0. The average molecular weight is 207 g/mol. The van der Waals surface area contributed by atoms with Gasteiger partial charge in [0.25, 0.3) is 0 Å². The van der Waals surface area contributed by atoms with Crippen LogP contribution in [0, 0.1) is 6.61 Å². The van der Waals surface area contributed by atoms with E-state index in [0.29, 0.717) is 6.61 Å². The van der Waals surface area contributed by atoms with Gasteiger partial charge in [0.15, 0.2) is 0 Å². The van der Waals surface area contributed by atoms with Crippen molar-refractivity contribution >= 4 is 6.09 Å². The van der Waals surface area contributed by atoms with Crippen molar-refractivity contribution in [1.82, 2.24) is 4.90 Å². The first-order chi connectivity index (χ1) is 6.31. The molecule has 1 aliphatic heterocycles. The van der Waals surface area contributed by atoms with Crippen LogP contribution in [0.5, 0.6) is 0 Å². The van der Waals surface area contributed by atoms with Gasteiger partial charge in [-0.15, -0.1) is 0 Å². The second-order valence-electron chi connectivity index (χ2n) is 4.50. The third-order valence-corrected chi connectivity index (χ3v) is 2.32. The summed E-state index contributed by atoms with van der Waals surface area (Å²) in [6, 6.07) is 0. The van der Waals surface area contributed by atoms with E-state index in [4.69, 9.17) is 9.47 Å². The molecule has 0 aliphatic carbocycles. The van der Waals surface area contributed by atoms with Crippen molar-refractivity contribution in [1.29, 1.82) is 0 Å². The van der Waals surface area contributed by atoms with Gasteiger partial charge in [0.2, 0.25) is 0 Å². The second kappa shape index (κ2) is 4.78. The Balaban J connectivity index is 0.00000196. The first-order valence-corrected chi connectivity index (χ1v) is 4.74. The van der Waals surface area contributed by atoms with Crippen molar-refractivity contribution in [2.24, 2.45) is 0 Å². The SMILES string of the molecule is C[CH-]OC(=O)N1C(C)(C)COC1(C)C.[Li+]. The van der Waals surface area contributed by atoms with Crippen molar-refractivity contribution in [3.8, 4) is 0 Å². The van der Waals surface area contributed by atoms with E-state index < -0.39 is 5.72 Å². The molecule has 1 fully saturated rings. The van der Waals surface area contributed by atoms with E-state index in [9.17, 15) is 4.79 Å². The molecule has 1 heterocycles. The Morgan fingerprint density at radius 1 is 1.40 bits per heavy atom. The summed E-state index contributed by atoms with van der Waals surface area (Å²) < 4.78 is 10.4. The van der Waals surface area contributed by atoms with Gasteiger partial charge < -0.3 is 9.47 Å². The molecule has 1 amide bonds. The molecule has 0 unspecified atom stereocenters. The van der Waals surface area contributed by atoms with Crippen LogP contribution < -0.4 is 18.9 Å². The summed E-state index contributed by atoms with van der Waals surface area (Å²) in [5.74, 6) is 0. The molecule has 1 rings (SSSR count). The third kappa shape index (κ3) is 2.90. The predicted octanol–water partition coefficient (Wildman–Crippen LogP) is -0.844. The zero-order valence-electron chi connectivity index (χ0n) is 10.5. The zero-order chi connectivity index (χ0) is 11.0. The molecule has 1 saturated heterocycles. The number of carbonyl (C=O) groups is 1. The number of hydrogen-bond donors (Lipinski definition) is 0. The number of hydrogen-bond acceptors (Lipinski definition) is 3. The van der Waals surface area contributed by atoms with Gasteiger partial charge in [-0.2, -0.15) is 13.5 Å². The zero-order valence-corrected chi connectivity index (χ0v) is 10.5. The van der Waals surface area contributed by atoms with E-state index in [1.165, 1.54) is 6.61 Å². The molecule has 1 aliphatic rings. The van der Waals surface area contributed by atoms with Gasteiger partial charge >= 0.3 is 25.0 Å². The van der Waals surface area contributed by atoms with Crippen LogP contribution in [0.15, 0.2) is 0 Å². The molecule has 0 atom stereocenters. The molecule has 5 heteroatoms. The van der Waals surface area contributed by atoms with Gasteiger partial charge in [-0.25, -0.2) is 4.79 Å². The van der Waals surface area contributed by atoms with Crippen molar-refractivity contribution < 1.29 is 33.1 Å². The molecular formula is C10H18LiNO3. The fourth-order valence-corrected chi connectivity index (χ4v) is 1.83. The fourth-order valence-electron chi connectivity index (χ4n) is 1.83. The molecule has 0 aromatic heterocycles. The number of carbonyl (C=O) groups excluding carboxylic acids is 1. The first-order valence-electron chi connectivity index (χ1n) is 4.74. The third-order valence-electron chi connectivity index (χ3n) is 2.32. The standard InChI is InChI=1S/C10H18NO3.Li/c1-6-13-8(12)11-9(2,3)7-14-10(11,4)5;/h6H,7H2,1-5H3;/q-1;+1. The van der Waals surface area contributed by atoms with Gasteiger partial charge in [0.05, 0.1) is 12.1 Å². The molecule has 0 N–H and O–H groups in total. The van der Waals surface area contributed by atoms with Crippen LogP contribution in [0.3, 0.4) is 0 Å². The van der Waals surface area contributed by atoms with Crippen molar-refractivity contribution in [2.75, 3.05) is 6.61 Å². The quantitative estimate of drug-likeness (QED) is 0.415. The molecule has 15 heavy (non-hydrogen) atoms. The molecule has 82 valence electrons. The summed E-state index contributed by atoms with van der Waals surface area (Å²) in [6.45, 7) is 11.2. The fraction of sp³-hybridized carbons (Fsp3) is 0.800. The largest absolute Gasteiger partial charge is 1.00 e. The van der Waals surface area contributed by atoms with Crippen molar-refractivity contribution in [3.63, 3.8) is 0 Å². The van der Waals surface area contributed by atoms with E-state index in [1.807, 2.05) is 27.7 Å². The molecule has 0 aromatic carbocycles. The molecule has 0 spiro atoms. The smallest absolute Gasteiger partial charge is 0.621 e.